The van der Waals surface area contributed by atoms with Gasteiger partial charge in [-0.2, -0.15) is 0 Å². The maximum Gasteiger partial charge on any atom is 0.283 e. The normalized spacial score (nSPS) is 23.9. The molecule has 1 aliphatic carbocycles. The van der Waals surface area contributed by atoms with E-state index in [1.54, 1.807) is 18.2 Å². The number of nitrogens with two attached hydrogens (primary N) is 1. The largest absolute Gasteiger partial charge is 0.462 e. The monoisotopic (exact) mass is 358 g/mol. The van der Waals surface area contributed by atoms with Crippen molar-refractivity contribution in [2.45, 2.75) is 32.2 Å². The Balaban J connectivity index is 1.90. The van der Waals surface area contributed by atoms with E-state index in [0.717, 1.165) is 24.0 Å². The summed E-state index contributed by atoms with van der Waals surface area (Å²) in [7, 11) is 0. The number of halogens is 2. The third-order valence-electron chi connectivity index (χ3n) is 5.10. The third-order valence-corrected chi connectivity index (χ3v) is 5.39. The highest BCUT2D eigenvalue weighted by Gasteiger charge is 2.47. The van der Waals surface area contributed by atoms with E-state index in [-0.39, 0.29) is 16.5 Å². The second-order valence-electron chi connectivity index (χ2n) is 7.76. The van der Waals surface area contributed by atoms with Crippen LogP contribution >= 0.6 is 11.6 Å². The fraction of sp³-hybridized carbons (Fsp3) is 0.350. The van der Waals surface area contributed by atoms with Gasteiger partial charge in [-0.25, -0.2) is 9.38 Å². The Kier molecular flexibility index (Phi) is 3.58. The molecule has 2 aromatic carbocycles. The van der Waals surface area contributed by atoms with Crippen LogP contribution in [0.3, 0.4) is 0 Å². The summed E-state index contributed by atoms with van der Waals surface area (Å²) in [6.45, 7) is 4.88. The Morgan fingerprint density at radius 3 is 2.76 bits per heavy atom. The number of amidine groups is 1. The zero-order valence-corrected chi connectivity index (χ0v) is 15.0. The van der Waals surface area contributed by atoms with Gasteiger partial charge >= 0.3 is 0 Å². The van der Waals surface area contributed by atoms with Gasteiger partial charge in [-0.15, -0.1) is 0 Å². The lowest BCUT2D eigenvalue weighted by atomic mass is 9.65. The van der Waals surface area contributed by atoms with E-state index in [1.165, 1.54) is 5.56 Å². The highest BCUT2D eigenvalue weighted by atomic mass is 35.5. The predicted molar refractivity (Wildman–Crippen MR) is 98.2 cm³/mol. The van der Waals surface area contributed by atoms with Crippen LogP contribution in [0.15, 0.2) is 41.4 Å². The first-order valence-corrected chi connectivity index (χ1v) is 8.73. The summed E-state index contributed by atoms with van der Waals surface area (Å²) in [4.78, 5) is 4.64. The van der Waals surface area contributed by atoms with E-state index in [0.29, 0.717) is 12.2 Å². The Hall–Kier alpha value is -2.07. The van der Waals surface area contributed by atoms with Crippen LogP contribution < -0.4 is 5.73 Å². The van der Waals surface area contributed by atoms with Gasteiger partial charge in [0.05, 0.1) is 5.02 Å². The Labute approximate surface area is 151 Å². The zero-order valence-electron chi connectivity index (χ0n) is 14.3. The molecule has 0 fully saturated rings. The van der Waals surface area contributed by atoms with Crippen molar-refractivity contribution in [2.75, 3.05) is 6.61 Å². The molecule has 1 unspecified atom stereocenters. The van der Waals surface area contributed by atoms with E-state index in [9.17, 15) is 4.39 Å². The van der Waals surface area contributed by atoms with Gasteiger partial charge < -0.3 is 10.5 Å². The molecule has 3 nitrogen and oxygen atoms in total. The average Bonchev–Trinajstić information content (AvgIpc) is 2.90. The molecule has 0 saturated carbocycles. The molecule has 0 bridgehead atoms. The SMILES string of the molecule is CC1(C)Cc2ccc(-c3cccc(Cl)c3F)cc2C2(COC(N)=N2)C1. The summed E-state index contributed by atoms with van der Waals surface area (Å²) in [5.74, 6) is -0.403. The number of ether oxygens (including phenoxy) is 1. The van der Waals surface area contributed by atoms with Crippen LogP contribution in [0.2, 0.25) is 5.02 Å². The highest BCUT2D eigenvalue weighted by molar-refractivity contribution is 6.31. The lowest BCUT2D eigenvalue weighted by molar-refractivity contribution is 0.163. The van der Waals surface area contributed by atoms with Crippen molar-refractivity contribution in [3.63, 3.8) is 0 Å². The maximum absolute atomic E-state index is 14.5. The smallest absolute Gasteiger partial charge is 0.283 e. The molecule has 4 rings (SSSR count). The van der Waals surface area contributed by atoms with Gasteiger partial charge in [-0.3, -0.25) is 0 Å². The van der Waals surface area contributed by atoms with Crippen LogP contribution in [-0.4, -0.2) is 12.6 Å². The van der Waals surface area contributed by atoms with Crippen molar-refractivity contribution < 1.29 is 9.13 Å². The quantitative estimate of drug-likeness (QED) is 0.806. The van der Waals surface area contributed by atoms with Gasteiger partial charge in [0.1, 0.15) is 18.0 Å². The van der Waals surface area contributed by atoms with Gasteiger partial charge in [0, 0.05) is 5.56 Å². The summed E-state index contributed by atoms with van der Waals surface area (Å²) in [6, 6.07) is 11.3. The summed E-state index contributed by atoms with van der Waals surface area (Å²) in [5, 5.41) is 0.123. The fourth-order valence-corrected chi connectivity index (χ4v) is 4.39. The first-order valence-electron chi connectivity index (χ1n) is 8.36. The fourth-order valence-electron chi connectivity index (χ4n) is 4.22. The molecule has 1 spiro atoms. The second kappa shape index (κ2) is 5.46. The first-order chi connectivity index (χ1) is 11.8. The number of benzene rings is 2. The van der Waals surface area contributed by atoms with Crippen molar-refractivity contribution in [2.24, 2.45) is 16.1 Å². The molecule has 2 aliphatic rings. The van der Waals surface area contributed by atoms with Crippen LogP contribution in [0.1, 0.15) is 31.4 Å². The Morgan fingerprint density at radius 1 is 1.24 bits per heavy atom. The zero-order chi connectivity index (χ0) is 17.8. The van der Waals surface area contributed by atoms with E-state index in [2.05, 4.69) is 24.9 Å². The van der Waals surface area contributed by atoms with Crippen LogP contribution in [0.5, 0.6) is 0 Å². The highest BCUT2D eigenvalue weighted by Crippen LogP contribution is 2.49. The van der Waals surface area contributed by atoms with Crippen LogP contribution in [0.25, 0.3) is 11.1 Å². The molecule has 2 N–H and O–H groups in total. The summed E-state index contributed by atoms with van der Waals surface area (Å²) >= 11 is 5.95. The van der Waals surface area contributed by atoms with Crippen molar-refractivity contribution in [3.05, 3.63) is 58.4 Å². The van der Waals surface area contributed by atoms with Crippen molar-refractivity contribution in [3.8, 4) is 11.1 Å². The predicted octanol–water partition coefficient (Wildman–Crippen LogP) is 4.66. The number of hydrogen-bond donors (Lipinski definition) is 1. The molecular weight excluding hydrogens is 339 g/mol. The van der Waals surface area contributed by atoms with Crippen LogP contribution in [0, 0.1) is 11.2 Å². The van der Waals surface area contributed by atoms with Crippen molar-refractivity contribution >= 4 is 17.6 Å². The number of hydrogen-bond acceptors (Lipinski definition) is 3. The minimum absolute atomic E-state index is 0.0906. The van der Waals surface area contributed by atoms with Gasteiger partial charge in [0.15, 0.2) is 0 Å². The first kappa shape index (κ1) is 16.4. The molecule has 0 radical (unpaired) electrons. The van der Waals surface area contributed by atoms with Gasteiger partial charge in [0.25, 0.3) is 6.02 Å². The molecule has 0 amide bonds. The molecule has 1 aliphatic heterocycles. The maximum atomic E-state index is 14.5. The minimum atomic E-state index is -0.494. The lowest BCUT2D eigenvalue weighted by Gasteiger charge is -2.41. The standard InChI is InChI=1S/C20H20ClFN2O/c1-19(2)9-13-7-6-12(14-4-3-5-16(21)17(14)22)8-15(13)20(10-19)11-25-18(23)24-20/h3-8H,9-11H2,1-2H3,(H2,23,24). The van der Waals surface area contributed by atoms with Crippen molar-refractivity contribution in [1.29, 1.82) is 0 Å². The molecule has 5 heteroatoms. The van der Waals surface area contributed by atoms with E-state index in [1.807, 2.05) is 12.1 Å². The summed E-state index contributed by atoms with van der Waals surface area (Å²) in [5.41, 5.74) is 8.99. The van der Waals surface area contributed by atoms with Gasteiger partial charge in [-0.05, 0) is 47.1 Å². The Morgan fingerprint density at radius 2 is 2.04 bits per heavy atom. The summed E-state index contributed by atoms with van der Waals surface area (Å²) in [6.07, 6.45) is 1.78. The van der Waals surface area contributed by atoms with E-state index >= 15 is 0 Å². The topological polar surface area (TPSA) is 47.6 Å². The Bertz CT molecular complexity index is 893. The molecule has 0 saturated heterocycles. The average molecular weight is 359 g/mol. The molecule has 130 valence electrons. The number of nitrogens with zero attached hydrogens (tertiary/aromatic N) is 1. The lowest BCUT2D eigenvalue weighted by Crippen LogP contribution is -2.39. The van der Waals surface area contributed by atoms with Gasteiger partial charge in [0.2, 0.25) is 0 Å². The molecule has 25 heavy (non-hydrogen) atoms. The number of rotatable bonds is 1. The van der Waals surface area contributed by atoms with E-state index < -0.39 is 11.4 Å². The van der Waals surface area contributed by atoms with E-state index in [4.69, 9.17) is 22.1 Å². The second-order valence-corrected chi connectivity index (χ2v) is 8.17. The number of fused-ring (bicyclic) bond motifs is 2. The van der Waals surface area contributed by atoms with Crippen LogP contribution in [0.4, 0.5) is 4.39 Å². The van der Waals surface area contributed by atoms with Crippen molar-refractivity contribution in [1.82, 2.24) is 0 Å². The summed E-state index contributed by atoms with van der Waals surface area (Å²) < 4.78 is 20.0. The molecule has 1 heterocycles. The minimum Gasteiger partial charge on any atom is -0.462 e. The van der Waals surface area contributed by atoms with Crippen LogP contribution in [-0.2, 0) is 16.7 Å². The molecule has 0 aromatic heterocycles. The molecular formula is C20H20ClFN2O. The van der Waals surface area contributed by atoms with Gasteiger partial charge in [-0.1, -0.05) is 49.7 Å². The molecule has 1 atom stereocenters. The third kappa shape index (κ3) is 2.69. The molecule has 2 aromatic rings. The number of aliphatic imine (C=N–C) groups is 1.